The molecule has 0 saturated carbocycles. The Morgan fingerprint density at radius 1 is 1.48 bits per heavy atom. The van der Waals surface area contributed by atoms with E-state index in [1.807, 2.05) is 19.9 Å². The molecule has 0 spiro atoms. The molecule has 0 unspecified atom stereocenters. The van der Waals surface area contributed by atoms with Crippen LogP contribution in [0.15, 0.2) is 36.7 Å². The number of benzene rings is 1. The zero-order valence-electron chi connectivity index (χ0n) is 12.2. The van der Waals surface area contributed by atoms with E-state index in [4.69, 9.17) is 10.5 Å². The molecular weight excluding hydrogens is 268 g/mol. The first-order valence-electron chi connectivity index (χ1n) is 6.87. The van der Waals surface area contributed by atoms with Crippen LogP contribution < -0.4 is 15.8 Å². The topological polar surface area (TPSA) is 82.2 Å². The zero-order chi connectivity index (χ0) is 15.2. The molecule has 0 aliphatic rings. The minimum atomic E-state index is -0.135. The molecule has 112 valence electrons. The van der Waals surface area contributed by atoms with Crippen LogP contribution in [-0.4, -0.2) is 28.3 Å². The third-order valence-electron chi connectivity index (χ3n) is 2.75. The fourth-order valence-electron chi connectivity index (χ4n) is 1.87. The summed E-state index contributed by atoms with van der Waals surface area (Å²) in [4.78, 5) is 12.1. The molecule has 6 nitrogen and oxygen atoms in total. The molecule has 3 N–H and O–H groups in total. The van der Waals surface area contributed by atoms with Crippen molar-refractivity contribution >= 4 is 11.6 Å². The summed E-state index contributed by atoms with van der Waals surface area (Å²) in [7, 11) is 0. The highest BCUT2D eigenvalue weighted by molar-refractivity contribution is 5.94. The van der Waals surface area contributed by atoms with Gasteiger partial charge in [0.2, 0.25) is 0 Å². The summed E-state index contributed by atoms with van der Waals surface area (Å²) in [5.74, 6) is 0.557. The molecule has 1 aromatic carbocycles. The molecular formula is C15H20N4O2. The number of ether oxygens (including phenoxy) is 1. The normalized spacial score (nSPS) is 10.6. The Kier molecular flexibility index (Phi) is 4.81. The van der Waals surface area contributed by atoms with E-state index in [2.05, 4.69) is 10.4 Å². The fraction of sp³-hybridized carbons (Fsp3) is 0.333. The van der Waals surface area contributed by atoms with Gasteiger partial charge >= 0.3 is 0 Å². The van der Waals surface area contributed by atoms with E-state index >= 15 is 0 Å². The molecule has 0 atom stereocenters. The number of anilines is 1. The van der Waals surface area contributed by atoms with Gasteiger partial charge in [0.25, 0.3) is 5.91 Å². The van der Waals surface area contributed by atoms with Gasteiger partial charge in [0.1, 0.15) is 5.75 Å². The van der Waals surface area contributed by atoms with Crippen molar-refractivity contribution < 1.29 is 9.53 Å². The van der Waals surface area contributed by atoms with Gasteiger partial charge in [-0.25, -0.2) is 0 Å². The van der Waals surface area contributed by atoms with Crippen LogP contribution in [0.1, 0.15) is 24.2 Å². The summed E-state index contributed by atoms with van der Waals surface area (Å²) >= 11 is 0. The predicted octanol–water partition coefficient (Wildman–Crippen LogP) is 1.68. The first-order chi connectivity index (χ1) is 10.0. The number of nitrogens with zero attached hydrogens (tertiary/aromatic N) is 2. The monoisotopic (exact) mass is 288 g/mol. The van der Waals surface area contributed by atoms with Gasteiger partial charge in [-0.15, -0.1) is 0 Å². The van der Waals surface area contributed by atoms with Crippen LogP contribution in [0.4, 0.5) is 5.69 Å². The maximum absolute atomic E-state index is 12.1. The molecule has 2 aromatic rings. The second-order valence-electron chi connectivity index (χ2n) is 4.99. The van der Waals surface area contributed by atoms with E-state index in [9.17, 15) is 4.79 Å². The van der Waals surface area contributed by atoms with E-state index in [0.29, 0.717) is 30.1 Å². The van der Waals surface area contributed by atoms with Crippen LogP contribution in [0, 0.1) is 0 Å². The Morgan fingerprint density at radius 3 is 2.95 bits per heavy atom. The maximum Gasteiger partial charge on any atom is 0.251 e. The van der Waals surface area contributed by atoms with Gasteiger partial charge in [-0.2, -0.15) is 5.10 Å². The summed E-state index contributed by atoms with van der Waals surface area (Å²) in [5.41, 5.74) is 6.76. The number of nitrogens with one attached hydrogen (secondary N) is 1. The first-order valence-corrected chi connectivity index (χ1v) is 6.87. The number of rotatable bonds is 6. The number of amides is 1. The highest BCUT2D eigenvalue weighted by Gasteiger charge is 2.07. The predicted molar refractivity (Wildman–Crippen MR) is 81.2 cm³/mol. The number of aromatic nitrogens is 2. The Hall–Kier alpha value is -2.50. The Labute approximate surface area is 123 Å². The molecule has 2 rings (SSSR count). The number of carbonyl (C=O) groups is 1. The van der Waals surface area contributed by atoms with Crippen LogP contribution in [0.3, 0.4) is 0 Å². The lowest BCUT2D eigenvalue weighted by Gasteiger charge is -2.11. The molecule has 0 aliphatic heterocycles. The van der Waals surface area contributed by atoms with E-state index in [1.54, 1.807) is 35.3 Å². The standard InChI is InChI=1S/C15H20N4O2/c1-11(2)21-14-5-3-4-12(8-14)15(20)17-6-7-19-10-13(16)9-18-19/h3-5,8-11H,6-7,16H2,1-2H3,(H,17,20). The largest absolute Gasteiger partial charge is 0.491 e. The van der Waals surface area contributed by atoms with Gasteiger partial charge in [-0.1, -0.05) is 6.07 Å². The molecule has 0 fully saturated rings. The Bertz CT molecular complexity index is 607. The zero-order valence-corrected chi connectivity index (χ0v) is 12.2. The lowest BCUT2D eigenvalue weighted by Crippen LogP contribution is -2.27. The summed E-state index contributed by atoms with van der Waals surface area (Å²) in [6.07, 6.45) is 3.38. The Balaban J connectivity index is 1.88. The van der Waals surface area contributed by atoms with Crippen molar-refractivity contribution in [2.75, 3.05) is 12.3 Å². The minimum absolute atomic E-state index is 0.0774. The molecule has 0 aliphatic carbocycles. The van der Waals surface area contributed by atoms with E-state index in [0.717, 1.165) is 0 Å². The summed E-state index contributed by atoms with van der Waals surface area (Å²) in [6, 6.07) is 7.14. The lowest BCUT2D eigenvalue weighted by molar-refractivity contribution is 0.0951. The average Bonchev–Trinajstić information content (AvgIpc) is 2.84. The maximum atomic E-state index is 12.1. The quantitative estimate of drug-likeness (QED) is 0.847. The molecule has 6 heteroatoms. The van der Waals surface area contributed by atoms with Crippen molar-refractivity contribution in [1.82, 2.24) is 15.1 Å². The summed E-state index contributed by atoms with van der Waals surface area (Å²) in [6.45, 7) is 4.95. The van der Waals surface area contributed by atoms with Crippen molar-refractivity contribution in [1.29, 1.82) is 0 Å². The highest BCUT2D eigenvalue weighted by Crippen LogP contribution is 2.14. The van der Waals surface area contributed by atoms with Crippen LogP contribution in [0.2, 0.25) is 0 Å². The molecule has 1 aromatic heterocycles. The number of carbonyl (C=O) groups excluding carboxylic acids is 1. The van der Waals surface area contributed by atoms with Crippen molar-refractivity contribution in [3.8, 4) is 5.75 Å². The van der Waals surface area contributed by atoms with Gasteiger partial charge in [0, 0.05) is 18.3 Å². The number of nitrogen functional groups attached to an aromatic ring is 1. The van der Waals surface area contributed by atoms with Crippen molar-refractivity contribution in [2.24, 2.45) is 0 Å². The molecule has 1 heterocycles. The average molecular weight is 288 g/mol. The fourth-order valence-corrected chi connectivity index (χ4v) is 1.87. The second kappa shape index (κ2) is 6.78. The first kappa shape index (κ1) is 14.9. The van der Waals surface area contributed by atoms with E-state index < -0.39 is 0 Å². The Morgan fingerprint density at radius 2 is 2.29 bits per heavy atom. The molecule has 21 heavy (non-hydrogen) atoms. The van der Waals surface area contributed by atoms with Crippen LogP contribution >= 0.6 is 0 Å². The SMILES string of the molecule is CC(C)Oc1cccc(C(=O)NCCn2cc(N)cn2)c1. The third-order valence-corrected chi connectivity index (χ3v) is 2.75. The summed E-state index contributed by atoms with van der Waals surface area (Å²) < 4.78 is 7.26. The molecule has 0 bridgehead atoms. The molecule has 0 radical (unpaired) electrons. The number of hydrogen-bond donors (Lipinski definition) is 2. The van der Waals surface area contributed by atoms with Crippen LogP contribution in [-0.2, 0) is 6.54 Å². The van der Waals surface area contributed by atoms with Gasteiger partial charge in [-0.05, 0) is 32.0 Å². The van der Waals surface area contributed by atoms with E-state index in [-0.39, 0.29) is 12.0 Å². The van der Waals surface area contributed by atoms with Gasteiger partial charge < -0.3 is 15.8 Å². The lowest BCUT2D eigenvalue weighted by atomic mass is 10.2. The molecule has 0 saturated heterocycles. The summed E-state index contributed by atoms with van der Waals surface area (Å²) in [5, 5.41) is 6.89. The van der Waals surface area contributed by atoms with E-state index in [1.165, 1.54) is 0 Å². The van der Waals surface area contributed by atoms with Gasteiger partial charge in [0.15, 0.2) is 0 Å². The third kappa shape index (κ3) is 4.52. The van der Waals surface area contributed by atoms with Gasteiger partial charge in [0.05, 0.1) is 24.5 Å². The van der Waals surface area contributed by atoms with Crippen molar-refractivity contribution in [3.63, 3.8) is 0 Å². The number of hydrogen-bond acceptors (Lipinski definition) is 4. The van der Waals surface area contributed by atoms with Gasteiger partial charge in [-0.3, -0.25) is 9.48 Å². The second-order valence-corrected chi connectivity index (χ2v) is 4.99. The van der Waals surface area contributed by atoms with Crippen molar-refractivity contribution in [2.45, 2.75) is 26.5 Å². The van der Waals surface area contributed by atoms with Crippen LogP contribution in [0.25, 0.3) is 0 Å². The highest BCUT2D eigenvalue weighted by atomic mass is 16.5. The number of nitrogens with two attached hydrogens (primary N) is 1. The van der Waals surface area contributed by atoms with Crippen LogP contribution in [0.5, 0.6) is 5.75 Å². The minimum Gasteiger partial charge on any atom is -0.491 e. The smallest absolute Gasteiger partial charge is 0.251 e. The van der Waals surface area contributed by atoms with Crippen molar-refractivity contribution in [3.05, 3.63) is 42.2 Å². The molecule has 1 amide bonds.